The number of carbonyl (C=O) groups is 4. The Balaban J connectivity index is 1.84. The van der Waals surface area contributed by atoms with Crippen LogP contribution in [0.5, 0.6) is 0 Å². The molecule has 1 N–H and O–H groups in total. The van der Waals surface area contributed by atoms with Gasteiger partial charge in [-0.05, 0) is 25.1 Å². The highest BCUT2D eigenvalue weighted by Gasteiger charge is 2.34. The van der Waals surface area contributed by atoms with Crippen molar-refractivity contribution in [3.05, 3.63) is 30.2 Å². The lowest BCUT2D eigenvalue weighted by atomic mass is 10.3. The van der Waals surface area contributed by atoms with Crippen LogP contribution in [0.3, 0.4) is 0 Å². The Bertz CT molecular complexity index is 603. The molecule has 1 aromatic rings. The molecular weight excluding hydrogens is 292 g/mol. The van der Waals surface area contributed by atoms with Crippen molar-refractivity contribution >= 4 is 29.8 Å². The fourth-order valence-electron chi connectivity index (χ4n) is 1.69. The number of carbonyl (C=O) groups excluding carboxylic acids is 4. The number of nitrogens with one attached hydrogen (secondary N) is 1. The van der Waals surface area contributed by atoms with E-state index in [4.69, 9.17) is 4.42 Å². The lowest BCUT2D eigenvalue weighted by Gasteiger charge is -2.16. The maximum absolute atomic E-state index is 11.7. The van der Waals surface area contributed by atoms with Gasteiger partial charge >= 0.3 is 5.97 Å². The Labute approximate surface area is 125 Å². The van der Waals surface area contributed by atoms with Crippen molar-refractivity contribution < 1.29 is 28.4 Å². The standard InChI is InChI=1S/C14H14N2O6/c1-9(14(20)22-16-12(18)6-7-13(16)19)15-11(17)5-4-10-3-2-8-21-10/h2-5,8-9H,6-7H2,1H3,(H,15,17)/b5-4-/t9-/m1/s1. The van der Waals surface area contributed by atoms with Gasteiger partial charge in [-0.3, -0.25) is 14.4 Å². The Morgan fingerprint density at radius 2 is 2.05 bits per heavy atom. The van der Waals surface area contributed by atoms with Crippen molar-refractivity contribution in [3.8, 4) is 0 Å². The molecule has 8 heteroatoms. The van der Waals surface area contributed by atoms with Gasteiger partial charge in [0.25, 0.3) is 11.8 Å². The molecule has 0 radical (unpaired) electrons. The monoisotopic (exact) mass is 306 g/mol. The molecule has 116 valence electrons. The minimum atomic E-state index is -1.02. The molecule has 1 aliphatic rings. The summed E-state index contributed by atoms with van der Waals surface area (Å²) in [6.45, 7) is 1.38. The SMILES string of the molecule is C[C@@H](NC(=O)/C=C\c1ccco1)C(=O)ON1C(=O)CCC1=O. The van der Waals surface area contributed by atoms with Gasteiger partial charge in [0.1, 0.15) is 11.8 Å². The van der Waals surface area contributed by atoms with Crippen molar-refractivity contribution in [2.45, 2.75) is 25.8 Å². The summed E-state index contributed by atoms with van der Waals surface area (Å²) in [5.41, 5.74) is 0. The first-order chi connectivity index (χ1) is 10.5. The largest absolute Gasteiger partial charge is 0.465 e. The Kier molecular flexibility index (Phi) is 4.72. The van der Waals surface area contributed by atoms with Gasteiger partial charge in [0.05, 0.1) is 6.26 Å². The third kappa shape index (κ3) is 3.81. The van der Waals surface area contributed by atoms with Gasteiger partial charge in [-0.25, -0.2) is 4.79 Å². The number of furan rings is 1. The molecule has 0 bridgehead atoms. The first-order valence-electron chi connectivity index (χ1n) is 6.57. The molecule has 1 atom stereocenters. The van der Waals surface area contributed by atoms with Crippen LogP contribution in [0.25, 0.3) is 6.08 Å². The Hall–Kier alpha value is -2.90. The van der Waals surface area contributed by atoms with Gasteiger partial charge in [0, 0.05) is 18.9 Å². The number of rotatable bonds is 5. The Morgan fingerprint density at radius 1 is 1.36 bits per heavy atom. The quantitative estimate of drug-likeness (QED) is 0.623. The second-order valence-electron chi connectivity index (χ2n) is 4.57. The van der Waals surface area contributed by atoms with E-state index in [-0.39, 0.29) is 12.8 Å². The zero-order valence-corrected chi connectivity index (χ0v) is 11.8. The zero-order chi connectivity index (χ0) is 16.1. The van der Waals surface area contributed by atoms with Crippen LogP contribution in [-0.2, 0) is 24.0 Å². The highest BCUT2D eigenvalue weighted by molar-refractivity contribution is 6.02. The van der Waals surface area contributed by atoms with E-state index in [1.54, 1.807) is 12.1 Å². The normalized spacial score (nSPS) is 16.1. The highest BCUT2D eigenvalue weighted by atomic mass is 16.7. The average molecular weight is 306 g/mol. The number of hydrogen-bond donors (Lipinski definition) is 1. The number of amides is 3. The van der Waals surface area contributed by atoms with Crippen LogP contribution in [0.2, 0.25) is 0 Å². The van der Waals surface area contributed by atoms with Gasteiger partial charge in [-0.2, -0.15) is 0 Å². The van der Waals surface area contributed by atoms with Crippen molar-refractivity contribution in [1.82, 2.24) is 10.4 Å². The fourth-order valence-corrected chi connectivity index (χ4v) is 1.69. The summed E-state index contributed by atoms with van der Waals surface area (Å²) >= 11 is 0. The summed E-state index contributed by atoms with van der Waals surface area (Å²) in [5, 5.41) is 2.79. The molecule has 8 nitrogen and oxygen atoms in total. The third-order valence-electron chi connectivity index (χ3n) is 2.84. The second-order valence-corrected chi connectivity index (χ2v) is 4.57. The summed E-state index contributed by atoms with van der Waals surface area (Å²) in [4.78, 5) is 50.7. The number of hydroxylamine groups is 2. The predicted octanol–water partition coefficient (Wildman–Crippen LogP) is 0.405. The van der Waals surface area contributed by atoms with Crippen LogP contribution in [0.15, 0.2) is 28.9 Å². The minimum absolute atomic E-state index is 0.0126. The van der Waals surface area contributed by atoms with Crippen LogP contribution in [-0.4, -0.2) is 34.8 Å². The summed E-state index contributed by atoms with van der Waals surface area (Å²) in [5.74, 6) is -2.11. The van der Waals surface area contributed by atoms with Crippen LogP contribution < -0.4 is 5.32 Å². The molecule has 2 rings (SSSR count). The van der Waals surface area contributed by atoms with E-state index in [2.05, 4.69) is 10.2 Å². The lowest BCUT2D eigenvalue weighted by Crippen LogP contribution is -2.43. The van der Waals surface area contributed by atoms with Gasteiger partial charge in [-0.1, -0.05) is 0 Å². The predicted molar refractivity (Wildman–Crippen MR) is 72.5 cm³/mol. The molecule has 1 aliphatic heterocycles. The molecule has 0 unspecified atom stereocenters. The second kappa shape index (κ2) is 6.70. The Morgan fingerprint density at radius 3 is 2.64 bits per heavy atom. The summed E-state index contributed by atoms with van der Waals surface area (Å²) in [6.07, 6.45) is 4.11. The average Bonchev–Trinajstić information content (AvgIpc) is 3.10. The molecule has 0 saturated carbocycles. The van der Waals surface area contributed by atoms with Crippen molar-refractivity contribution in [2.24, 2.45) is 0 Å². The minimum Gasteiger partial charge on any atom is -0.465 e. The van der Waals surface area contributed by atoms with Crippen LogP contribution in [0.1, 0.15) is 25.5 Å². The molecule has 2 heterocycles. The maximum atomic E-state index is 11.7. The van der Waals surface area contributed by atoms with Gasteiger partial charge < -0.3 is 14.6 Å². The molecule has 0 aliphatic carbocycles. The van der Waals surface area contributed by atoms with Crippen molar-refractivity contribution in [2.75, 3.05) is 0 Å². The summed E-state index contributed by atoms with van der Waals surface area (Å²) < 4.78 is 5.01. The summed E-state index contributed by atoms with van der Waals surface area (Å²) in [6, 6.07) is 2.31. The van der Waals surface area contributed by atoms with E-state index < -0.39 is 29.7 Å². The molecule has 0 spiro atoms. The molecule has 1 fully saturated rings. The van der Waals surface area contributed by atoms with Gasteiger partial charge in [-0.15, -0.1) is 5.06 Å². The number of imide groups is 1. The maximum Gasteiger partial charge on any atom is 0.354 e. The molecule has 1 aromatic heterocycles. The highest BCUT2D eigenvalue weighted by Crippen LogP contribution is 2.12. The number of nitrogens with zero attached hydrogens (tertiary/aromatic N) is 1. The molecule has 22 heavy (non-hydrogen) atoms. The van der Waals surface area contributed by atoms with E-state index in [0.717, 1.165) is 0 Å². The van der Waals surface area contributed by atoms with Crippen LogP contribution in [0.4, 0.5) is 0 Å². The smallest absolute Gasteiger partial charge is 0.354 e. The van der Waals surface area contributed by atoms with Crippen molar-refractivity contribution in [1.29, 1.82) is 0 Å². The first kappa shape index (κ1) is 15.5. The van der Waals surface area contributed by atoms with E-state index in [9.17, 15) is 19.2 Å². The van der Waals surface area contributed by atoms with Gasteiger partial charge in [0.15, 0.2) is 0 Å². The van der Waals surface area contributed by atoms with Crippen LogP contribution >= 0.6 is 0 Å². The van der Waals surface area contributed by atoms with E-state index in [1.165, 1.54) is 25.3 Å². The zero-order valence-electron chi connectivity index (χ0n) is 11.8. The summed E-state index contributed by atoms with van der Waals surface area (Å²) in [7, 11) is 0. The fraction of sp³-hybridized carbons (Fsp3) is 0.286. The molecule has 0 aromatic carbocycles. The lowest BCUT2D eigenvalue weighted by molar-refractivity contribution is -0.198. The number of hydrogen-bond acceptors (Lipinski definition) is 6. The van der Waals surface area contributed by atoms with Crippen LogP contribution in [0, 0.1) is 0 Å². The van der Waals surface area contributed by atoms with Crippen molar-refractivity contribution in [3.63, 3.8) is 0 Å². The topological polar surface area (TPSA) is 106 Å². The van der Waals surface area contributed by atoms with E-state index >= 15 is 0 Å². The molecule has 3 amide bonds. The van der Waals surface area contributed by atoms with E-state index in [1.807, 2.05) is 0 Å². The van der Waals surface area contributed by atoms with Gasteiger partial charge in [0.2, 0.25) is 5.91 Å². The first-order valence-corrected chi connectivity index (χ1v) is 6.57. The molecular formula is C14H14N2O6. The van der Waals surface area contributed by atoms with E-state index in [0.29, 0.717) is 10.8 Å². The molecule has 1 saturated heterocycles. The third-order valence-corrected chi connectivity index (χ3v) is 2.84.